The SMILES string of the molecule is Cc1cc(-c2c(C)ncc3nccn23)c(C)cc1Oc1nccc2occc12. The first kappa shape index (κ1) is 16.5. The predicted molar refractivity (Wildman–Crippen MR) is 107 cm³/mol. The Balaban J connectivity index is 1.62. The fourth-order valence-electron chi connectivity index (χ4n) is 3.52. The van der Waals surface area contributed by atoms with Crippen molar-refractivity contribution >= 4 is 16.6 Å². The summed E-state index contributed by atoms with van der Waals surface area (Å²) in [6.45, 7) is 6.12. The van der Waals surface area contributed by atoms with Crippen molar-refractivity contribution < 1.29 is 9.15 Å². The summed E-state index contributed by atoms with van der Waals surface area (Å²) in [5, 5.41) is 0.854. The van der Waals surface area contributed by atoms with Crippen LogP contribution < -0.4 is 4.74 Å². The highest BCUT2D eigenvalue weighted by atomic mass is 16.5. The quantitative estimate of drug-likeness (QED) is 0.434. The molecule has 5 rings (SSSR count). The molecule has 0 fully saturated rings. The molecule has 4 aromatic heterocycles. The van der Waals surface area contributed by atoms with E-state index in [0.717, 1.165) is 50.4 Å². The number of ether oxygens (including phenoxy) is 1. The van der Waals surface area contributed by atoms with Crippen molar-refractivity contribution in [3.8, 4) is 22.9 Å². The highest BCUT2D eigenvalue weighted by Crippen LogP contribution is 2.35. The van der Waals surface area contributed by atoms with Gasteiger partial charge >= 0.3 is 0 Å². The fourth-order valence-corrected chi connectivity index (χ4v) is 3.52. The zero-order chi connectivity index (χ0) is 19.3. The molecule has 0 bridgehead atoms. The minimum Gasteiger partial charge on any atom is -0.464 e. The van der Waals surface area contributed by atoms with Crippen LogP contribution in [0.25, 0.3) is 27.9 Å². The molecule has 28 heavy (non-hydrogen) atoms. The van der Waals surface area contributed by atoms with E-state index in [1.54, 1.807) is 24.9 Å². The monoisotopic (exact) mass is 370 g/mol. The van der Waals surface area contributed by atoms with E-state index in [2.05, 4.69) is 32.3 Å². The van der Waals surface area contributed by atoms with E-state index in [9.17, 15) is 0 Å². The van der Waals surface area contributed by atoms with Gasteiger partial charge < -0.3 is 9.15 Å². The Bertz CT molecular complexity index is 1330. The molecule has 4 heterocycles. The van der Waals surface area contributed by atoms with Crippen molar-refractivity contribution in [1.82, 2.24) is 19.4 Å². The van der Waals surface area contributed by atoms with Crippen LogP contribution in [0.1, 0.15) is 16.8 Å². The van der Waals surface area contributed by atoms with Crippen LogP contribution in [0.15, 0.2) is 59.7 Å². The third-order valence-electron chi connectivity index (χ3n) is 4.95. The molecule has 1 aromatic carbocycles. The van der Waals surface area contributed by atoms with Crippen molar-refractivity contribution in [2.75, 3.05) is 0 Å². The van der Waals surface area contributed by atoms with E-state index in [1.165, 1.54) is 0 Å². The molecule has 0 atom stereocenters. The first-order valence-corrected chi connectivity index (χ1v) is 9.02. The third kappa shape index (κ3) is 2.53. The summed E-state index contributed by atoms with van der Waals surface area (Å²) < 4.78 is 13.7. The Labute approximate surface area is 161 Å². The number of furan rings is 1. The Morgan fingerprint density at radius 1 is 0.964 bits per heavy atom. The number of fused-ring (bicyclic) bond motifs is 2. The smallest absolute Gasteiger partial charge is 0.230 e. The average Bonchev–Trinajstić information content (AvgIpc) is 3.34. The summed E-state index contributed by atoms with van der Waals surface area (Å²) in [5.41, 5.74) is 6.78. The first-order chi connectivity index (χ1) is 13.6. The van der Waals surface area contributed by atoms with Gasteiger partial charge in [-0.25, -0.2) is 9.97 Å². The number of hydrogen-bond donors (Lipinski definition) is 0. The summed E-state index contributed by atoms with van der Waals surface area (Å²) in [6, 6.07) is 7.86. The molecule has 0 amide bonds. The lowest BCUT2D eigenvalue weighted by atomic mass is 10.00. The summed E-state index contributed by atoms with van der Waals surface area (Å²) in [6.07, 6.45) is 8.86. The van der Waals surface area contributed by atoms with Gasteiger partial charge in [-0.05, 0) is 56.2 Å². The molecule has 0 saturated heterocycles. The Hall–Kier alpha value is -3.67. The van der Waals surface area contributed by atoms with Crippen LogP contribution in [0.5, 0.6) is 11.6 Å². The Morgan fingerprint density at radius 3 is 2.75 bits per heavy atom. The maximum absolute atomic E-state index is 6.15. The minimum atomic E-state index is 0.538. The second-order valence-corrected chi connectivity index (χ2v) is 6.83. The Kier molecular flexibility index (Phi) is 3.65. The van der Waals surface area contributed by atoms with Gasteiger partial charge in [0.25, 0.3) is 0 Å². The van der Waals surface area contributed by atoms with Gasteiger partial charge in [-0.2, -0.15) is 0 Å². The van der Waals surface area contributed by atoms with Crippen LogP contribution in [-0.2, 0) is 0 Å². The first-order valence-electron chi connectivity index (χ1n) is 9.02. The molecule has 6 nitrogen and oxygen atoms in total. The molecular formula is C22H18N4O2. The van der Waals surface area contributed by atoms with Crippen LogP contribution in [0.4, 0.5) is 0 Å². The lowest BCUT2D eigenvalue weighted by Crippen LogP contribution is -2.00. The largest absolute Gasteiger partial charge is 0.464 e. The molecular weight excluding hydrogens is 352 g/mol. The lowest BCUT2D eigenvalue weighted by molar-refractivity contribution is 0.465. The summed E-state index contributed by atoms with van der Waals surface area (Å²) >= 11 is 0. The fraction of sp³-hybridized carbons (Fsp3) is 0.136. The molecule has 6 heteroatoms. The number of benzene rings is 1. The van der Waals surface area contributed by atoms with Crippen LogP contribution in [0.3, 0.4) is 0 Å². The standard InChI is InChI=1S/C22H18N4O2/c1-13-11-19(28-22-16-5-9-27-18(16)4-6-24-22)14(2)10-17(13)21-15(3)25-12-20-23-7-8-26(20)21/h4-12H,1-3H3. The van der Waals surface area contributed by atoms with Crippen LogP contribution >= 0.6 is 0 Å². The van der Waals surface area contributed by atoms with Crippen molar-refractivity contribution in [2.24, 2.45) is 0 Å². The van der Waals surface area contributed by atoms with Crippen LogP contribution in [0.2, 0.25) is 0 Å². The number of pyridine rings is 1. The molecule has 138 valence electrons. The van der Waals surface area contributed by atoms with Gasteiger partial charge in [-0.15, -0.1) is 0 Å². The van der Waals surface area contributed by atoms with E-state index >= 15 is 0 Å². The van der Waals surface area contributed by atoms with E-state index in [1.807, 2.05) is 38.2 Å². The van der Waals surface area contributed by atoms with Crippen molar-refractivity contribution in [3.63, 3.8) is 0 Å². The van der Waals surface area contributed by atoms with Gasteiger partial charge in [-0.3, -0.25) is 9.38 Å². The molecule has 0 spiro atoms. The van der Waals surface area contributed by atoms with Gasteiger partial charge in [0.1, 0.15) is 11.3 Å². The maximum atomic E-state index is 6.15. The van der Waals surface area contributed by atoms with Crippen molar-refractivity contribution in [3.05, 3.63) is 72.1 Å². The van der Waals surface area contributed by atoms with Gasteiger partial charge in [0.05, 0.1) is 29.2 Å². The van der Waals surface area contributed by atoms with E-state index in [4.69, 9.17) is 9.15 Å². The minimum absolute atomic E-state index is 0.538. The zero-order valence-corrected chi connectivity index (χ0v) is 15.8. The predicted octanol–water partition coefficient (Wildman–Crippen LogP) is 5.26. The molecule has 0 aliphatic heterocycles. The third-order valence-corrected chi connectivity index (χ3v) is 4.95. The second-order valence-electron chi connectivity index (χ2n) is 6.83. The lowest BCUT2D eigenvalue weighted by Gasteiger charge is -2.15. The summed E-state index contributed by atoms with van der Waals surface area (Å²) in [7, 11) is 0. The van der Waals surface area contributed by atoms with E-state index < -0.39 is 0 Å². The van der Waals surface area contributed by atoms with E-state index in [-0.39, 0.29) is 0 Å². The van der Waals surface area contributed by atoms with Gasteiger partial charge in [0, 0.05) is 24.2 Å². The summed E-state index contributed by atoms with van der Waals surface area (Å²) in [4.78, 5) is 13.2. The normalized spacial score (nSPS) is 11.4. The highest BCUT2D eigenvalue weighted by Gasteiger charge is 2.15. The topological polar surface area (TPSA) is 65.5 Å². The molecule has 0 aliphatic carbocycles. The van der Waals surface area contributed by atoms with Gasteiger partial charge in [0.2, 0.25) is 5.88 Å². The van der Waals surface area contributed by atoms with Crippen LogP contribution in [0, 0.1) is 20.8 Å². The molecule has 0 aliphatic rings. The Morgan fingerprint density at radius 2 is 1.86 bits per heavy atom. The molecule has 0 saturated carbocycles. The van der Waals surface area contributed by atoms with Gasteiger partial charge in [-0.1, -0.05) is 0 Å². The molecule has 0 radical (unpaired) electrons. The zero-order valence-electron chi connectivity index (χ0n) is 15.8. The highest BCUT2D eigenvalue weighted by molar-refractivity contribution is 5.82. The van der Waals surface area contributed by atoms with Crippen molar-refractivity contribution in [1.29, 1.82) is 0 Å². The average molecular weight is 370 g/mol. The number of imidazole rings is 1. The number of aryl methyl sites for hydroxylation is 3. The van der Waals surface area contributed by atoms with E-state index in [0.29, 0.717) is 5.88 Å². The van der Waals surface area contributed by atoms with Gasteiger partial charge in [0.15, 0.2) is 5.65 Å². The number of hydrogen-bond acceptors (Lipinski definition) is 5. The molecule has 5 aromatic rings. The second kappa shape index (κ2) is 6.20. The molecule has 0 unspecified atom stereocenters. The number of rotatable bonds is 3. The number of aromatic nitrogens is 4. The summed E-state index contributed by atoms with van der Waals surface area (Å²) in [5.74, 6) is 1.31. The van der Waals surface area contributed by atoms with Crippen LogP contribution in [-0.4, -0.2) is 19.4 Å². The molecule has 0 N–H and O–H groups in total. The van der Waals surface area contributed by atoms with Crippen molar-refractivity contribution in [2.45, 2.75) is 20.8 Å². The number of nitrogens with zero attached hydrogens (tertiary/aromatic N) is 4. The maximum Gasteiger partial charge on any atom is 0.230 e.